The average molecular weight is 323 g/mol. The van der Waals surface area contributed by atoms with Gasteiger partial charge in [0, 0.05) is 24.5 Å². The molecule has 2 N–H and O–H groups in total. The number of nitrogens with one attached hydrogen (secondary N) is 2. The maximum absolute atomic E-state index is 12.3. The highest BCUT2D eigenvalue weighted by molar-refractivity contribution is 5.94. The van der Waals surface area contributed by atoms with Gasteiger partial charge in [-0.15, -0.1) is 12.4 Å². The molecule has 3 rings (SSSR count). The summed E-state index contributed by atoms with van der Waals surface area (Å²) in [5.74, 6) is -0.355. The van der Waals surface area contributed by atoms with Gasteiger partial charge in [0.05, 0.1) is 0 Å². The summed E-state index contributed by atoms with van der Waals surface area (Å²) in [5.41, 5.74) is 0.276. The van der Waals surface area contributed by atoms with Gasteiger partial charge in [-0.1, -0.05) is 6.07 Å². The third kappa shape index (κ3) is 3.13. The van der Waals surface area contributed by atoms with Crippen LogP contribution in [0, 0.1) is 0 Å². The molecule has 6 nitrogen and oxygen atoms in total. The highest BCUT2D eigenvalue weighted by Crippen LogP contribution is 2.09. The zero-order valence-corrected chi connectivity index (χ0v) is 13.1. The largest absolute Gasteiger partial charge is 0.348 e. The molecule has 0 aromatic carbocycles. The fourth-order valence-corrected chi connectivity index (χ4v) is 2.67. The third-order valence-electron chi connectivity index (χ3n) is 3.94. The third-order valence-corrected chi connectivity index (χ3v) is 3.94. The molecule has 2 atom stereocenters. The minimum absolute atomic E-state index is 0. The molecule has 0 bridgehead atoms. The van der Waals surface area contributed by atoms with Crippen LogP contribution in [0.2, 0.25) is 0 Å². The molecule has 7 heteroatoms. The molecule has 1 aliphatic rings. The predicted octanol–water partition coefficient (Wildman–Crippen LogP) is 0.987. The molecule has 1 aliphatic heterocycles. The van der Waals surface area contributed by atoms with Crippen LogP contribution in [0.15, 0.2) is 35.4 Å². The number of pyridine rings is 1. The van der Waals surface area contributed by atoms with Crippen molar-refractivity contribution in [3.8, 4) is 0 Å². The summed E-state index contributed by atoms with van der Waals surface area (Å²) >= 11 is 0. The van der Waals surface area contributed by atoms with Crippen molar-refractivity contribution in [3.05, 3.63) is 46.5 Å². The Kier molecular flexibility index (Phi) is 5.15. The van der Waals surface area contributed by atoms with Crippen LogP contribution in [0.4, 0.5) is 0 Å². The van der Waals surface area contributed by atoms with Crippen molar-refractivity contribution in [1.82, 2.24) is 20.0 Å². The second-order valence-corrected chi connectivity index (χ2v) is 5.37. The van der Waals surface area contributed by atoms with Gasteiger partial charge in [0.25, 0.3) is 11.5 Å². The van der Waals surface area contributed by atoms with Gasteiger partial charge in [0.2, 0.25) is 0 Å². The first-order valence-corrected chi connectivity index (χ1v) is 7.17. The van der Waals surface area contributed by atoms with Crippen molar-refractivity contribution in [2.45, 2.75) is 31.8 Å². The van der Waals surface area contributed by atoms with Gasteiger partial charge in [0.15, 0.2) is 0 Å². The maximum atomic E-state index is 12.3. The van der Waals surface area contributed by atoms with E-state index in [1.165, 1.54) is 10.6 Å². The Morgan fingerprint density at radius 3 is 3.05 bits per heavy atom. The van der Waals surface area contributed by atoms with Gasteiger partial charge >= 0.3 is 0 Å². The van der Waals surface area contributed by atoms with E-state index in [-0.39, 0.29) is 41.5 Å². The fraction of sp³-hybridized carbons (Fsp3) is 0.400. The number of fused-ring (bicyclic) bond motifs is 1. The summed E-state index contributed by atoms with van der Waals surface area (Å²) in [6, 6.07) is 5.53. The Morgan fingerprint density at radius 2 is 2.27 bits per heavy atom. The molecular formula is C15H19ClN4O2. The topological polar surface area (TPSA) is 75.5 Å². The molecule has 2 aromatic rings. The molecule has 118 valence electrons. The number of rotatable bonds is 2. The van der Waals surface area contributed by atoms with Gasteiger partial charge < -0.3 is 10.6 Å². The Balaban J connectivity index is 0.00000176. The number of carbonyl (C=O) groups excluding carboxylic acids is 1. The van der Waals surface area contributed by atoms with E-state index in [1.54, 1.807) is 24.4 Å². The number of amides is 1. The maximum Gasteiger partial charge on any atom is 0.270 e. The Hall–Kier alpha value is -1.92. The highest BCUT2D eigenvalue weighted by atomic mass is 35.5. The zero-order chi connectivity index (χ0) is 14.8. The first kappa shape index (κ1) is 16.5. The van der Waals surface area contributed by atoms with E-state index in [0.717, 1.165) is 19.4 Å². The van der Waals surface area contributed by atoms with Gasteiger partial charge in [-0.2, -0.15) is 0 Å². The van der Waals surface area contributed by atoms with Crippen molar-refractivity contribution < 1.29 is 4.79 Å². The van der Waals surface area contributed by atoms with Crippen molar-refractivity contribution >= 4 is 24.0 Å². The number of carbonyl (C=O) groups is 1. The average Bonchev–Trinajstić information content (AvgIpc) is 2.50. The molecular weight excluding hydrogens is 304 g/mol. The minimum atomic E-state index is -0.355. The predicted molar refractivity (Wildman–Crippen MR) is 86.7 cm³/mol. The van der Waals surface area contributed by atoms with Gasteiger partial charge in [-0.25, -0.2) is 4.98 Å². The standard InChI is InChI=1S/C15H18N4O2.ClH/c1-10-12(5-4-7-16-10)18-14(20)11-9-17-13-6-2-3-8-19(13)15(11)21;/h2-3,6,8-10,12,16H,4-5,7H2,1H3,(H,18,20);1H. The Bertz CT molecular complexity index is 731. The number of hydrogen-bond donors (Lipinski definition) is 2. The normalized spacial score (nSPS) is 21.1. The number of halogens is 1. The smallest absolute Gasteiger partial charge is 0.270 e. The SMILES string of the molecule is CC1NCCCC1NC(=O)c1cnc2ccccn2c1=O.Cl. The van der Waals surface area contributed by atoms with Crippen LogP contribution < -0.4 is 16.2 Å². The minimum Gasteiger partial charge on any atom is -0.348 e. The van der Waals surface area contributed by atoms with E-state index < -0.39 is 0 Å². The quantitative estimate of drug-likeness (QED) is 0.864. The second-order valence-electron chi connectivity index (χ2n) is 5.37. The molecule has 0 spiro atoms. The van der Waals surface area contributed by atoms with E-state index in [4.69, 9.17) is 0 Å². The molecule has 1 saturated heterocycles. The van der Waals surface area contributed by atoms with Crippen molar-refractivity contribution in [1.29, 1.82) is 0 Å². The summed E-state index contributed by atoms with van der Waals surface area (Å²) in [4.78, 5) is 28.8. The first-order chi connectivity index (χ1) is 10.2. The van der Waals surface area contributed by atoms with E-state index in [1.807, 2.05) is 6.92 Å². The summed E-state index contributed by atoms with van der Waals surface area (Å²) in [6.45, 7) is 3.00. The van der Waals surface area contributed by atoms with E-state index in [9.17, 15) is 9.59 Å². The van der Waals surface area contributed by atoms with E-state index in [2.05, 4.69) is 15.6 Å². The summed E-state index contributed by atoms with van der Waals surface area (Å²) in [5, 5.41) is 6.26. The number of nitrogens with zero attached hydrogens (tertiary/aromatic N) is 2. The molecule has 1 amide bonds. The summed E-state index contributed by atoms with van der Waals surface area (Å²) < 4.78 is 1.39. The second kappa shape index (κ2) is 6.89. The van der Waals surface area contributed by atoms with Crippen molar-refractivity contribution in [2.24, 2.45) is 0 Å². The van der Waals surface area contributed by atoms with Crippen LogP contribution in [0.3, 0.4) is 0 Å². The molecule has 22 heavy (non-hydrogen) atoms. The lowest BCUT2D eigenvalue weighted by molar-refractivity contribution is 0.0918. The van der Waals surface area contributed by atoms with Crippen LogP contribution in [-0.2, 0) is 0 Å². The molecule has 2 unspecified atom stereocenters. The van der Waals surface area contributed by atoms with Crippen LogP contribution >= 0.6 is 12.4 Å². The zero-order valence-electron chi connectivity index (χ0n) is 12.3. The molecule has 1 fully saturated rings. The number of piperidine rings is 1. The molecule has 2 aromatic heterocycles. The van der Waals surface area contributed by atoms with Gasteiger partial charge in [0.1, 0.15) is 11.2 Å². The molecule has 3 heterocycles. The van der Waals surface area contributed by atoms with Crippen LogP contribution in [0.1, 0.15) is 30.1 Å². The van der Waals surface area contributed by atoms with Crippen LogP contribution in [-0.4, -0.2) is 33.9 Å². The lowest BCUT2D eigenvalue weighted by atomic mass is 9.99. The molecule has 0 aliphatic carbocycles. The lowest BCUT2D eigenvalue weighted by Crippen LogP contribution is -2.52. The Morgan fingerprint density at radius 1 is 1.45 bits per heavy atom. The monoisotopic (exact) mass is 322 g/mol. The van der Waals surface area contributed by atoms with E-state index >= 15 is 0 Å². The van der Waals surface area contributed by atoms with Gasteiger partial charge in [-0.3, -0.25) is 14.0 Å². The first-order valence-electron chi connectivity index (χ1n) is 7.17. The summed E-state index contributed by atoms with van der Waals surface area (Å²) in [7, 11) is 0. The van der Waals surface area contributed by atoms with Crippen molar-refractivity contribution in [2.75, 3.05) is 6.54 Å². The molecule has 0 radical (unpaired) electrons. The number of hydrogen-bond acceptors (Lipinski definition) is 4. The van der Waals surface area contributed by atoms with Gasteiger partial charge in [-0.05, 0) is 38.4 Å². The number of aromatic nitrogens is 2. The highest BCUT2D eigenvalue weighted by Gasteiger charge is 2.24. The summed E-state index contributed by atoms with van der Waals surface area (Å²) in [6.07, 6.45) is 4.91. The molecule has 0 saturated carbocycles. The fourth-order valence-electron chi connectivity index (χ4n) is 2.67. The van der Waals surface area contributed by atoms with Crippen LogP contribution in [0.5, 0.6) is 0 Å². The van der Waals surface area contributed by atoms with E-state index in [0.29, 0.717) is 5.65 Å². The lowest BCUT2D eigenvalue weighted by Gasteiger charge is -2.30. The van der Waals surface area contributed by atoms with Crippen LogP contribution in [0.25, 0.3) is 5.65 Å². The Labute approximate surface area is 134 Å². The van der Waals surface area contributed by atoms with Crippen molar-refractivity contribution in [3.63, 3.8) is 0 Å².